The van der Waals surface area contributed by atoms with E-state index in [0.29, 0.717) is 12.8 Å². The summed E-state index contributed by atoms with van der Waals surface area (Å²) in [5, 5.41) is 23.2. The van der Waals surface area contributed by atoms with E-state index < -0.39 is 11.5 Å². The Kier molecular flexibility index (Phi) is 4.54. The van der Waals surface area contributed by atoms with Gasteiger partial charge in [-0.25, -0.2) is 9.48 Å². The Morgan fingerprint density at radius 1 is 1.17 bits per heavy atom. The molecule has 0 spiro atoms. The molecular formula is C16H19N5O3. The van der Waals surface area contributed by atoms with Crippen molar-refractivity contribution in [3.63, 3.8) is 0 Å². The number of amides is 1. The highest BCUT2D eigenvalue weighted by atomic mass is 16.4. The summed E-state index contributed by atoms with van der Waals surface area (Å²) in [6.07, 6.45) is 5.29. The van der Waals surface area contributed by atoms with E-state index in [1.54, 1.807) is 0 Å². The van der Waals surface area contributed by atoms with Crippen LogP contribution in [0.15, 0.2) is 30.6 Å². The summed E-state index contributed by atoms with van der Waals surface area (Å²) in [5.74, 6) is -1.21. The first-order chi connectivity index (χ1) is 11.6. The minimum absolute atomic E-state index is 0.144. The number of aromatic nitrogens is 4. The number of hydrogen-bond donors (Lipinski definition) is 2. The molecule has 8 nitrogen and oxygen atoms in total. The molecule has 1 aromatic heterocycles. The summed E-state index contributed by atoms with van der Waals surface area (Å²) in [7, 11) is 0. The highest BCUT2D eigenvalue weighted by molar-refractivity contribution is 5.88. The number of rotatable bonds is 5. The second-order valence-corrected chi connectivity index (χ2v) is 6.09. The number of benzene rings is 1. The SMILES string of the molecule is O=C(Cc1ccc(-n2cnnn2)cc1)NC1(C(=O)O)CCCCC1. The summed E-state index contributed by atoms with van der Waals surface area (Å²) in [5.41, 5.74) is 0.487. The Labute approximate surface area is 138 Å². The lowest BCUT2D eigenvalue weighted by Gasteiger charge is -2.34. The molecule has 126 valence electrons. The molecule has 0 unspecified atom stereocenters. The first kappa shape index (κ1) is 16.1. The number of nitrogens with zero attached hydrogens (tertiary/aromatic N) is 4. The predicted molar refractivity (Wildman–Crippen MR) is 84.5 cm³/mol. The van der Waals surface area contributed by atoms with Crippen molar-refractivity contribution in [1.82, 2.24) is 25.5 Å². The molecule has 1 amide bonds. The van der Waals surface area contributed by atoms with Crippen LogP contribution in [0.2, 0.25) is 0 Å². The van der Waals surface area contributed by atoms with Gasteiger partial charge in [0.1, 0.15) is 11.9 Å². The van der Waals surface area contributed by atoms with Crippen LogP contribution in [-0.2, 0) is 16.0 Å². The first-order valence-electron chi connectivity index (χ1n) is 7.96. The quantitative estimate of drug-likeness (QED) is 0.850. The minimum Gasteiger partial charge on any atom is -0.480 e. The number of carboxylic acids is 1. The van der Waals surface area contributed by atoms with Crippen LogP contribution < -0.4 is 5.32 Å². The van der Waals surface area contributed by atoms with Crippen molar-refractivity contribution in [3.8, 4) is 5.69 Å². The van der Waals surface area contributed by atoms with Gasteiger partial charge in [-0.1, -0.05) is 31.4 Å². The van der Waals surface area contributed by atoms with E-state index in [4.69, 9.17) is 0 Å². The average molecular weight is 329 g/mol. The highest BCUT2D eigenvalue weighted by Gasteiger charge is 2.40. The molecule has 0 atom stereocenters. The Hall–Kier alpha value is -2.77. The van der Waals surface area contributed by atoms with Gasteiger partial charge in [0, 0.05) is 0 Å². The van der Waals surface area contributed by atoms with Crippen molar-refractivity contribution in [3.05, 3.63) is 36.2 Å². The van der Waals surface area contributed by atoms with Crippen molar-refractivity contribution in [1.29, 1.82) is 0 Å². The summed E-state index contributed by atoms with van der Waals surface area (Å²) in [6, 6.07) is 7.24. The fourth-order valence-electron chi connectivity index (χ4n) is 3.09. The van der Waals surface area contributed by atoms with E-state index in [2.05, 4.69) is 20.8 Å². The fraction of sp³-hybridized carbons (Fsp3) is 0.438. The van der Waals surface area contributed by atoms with Crippen molar-refractivity contribution < 1.29 is 14.7 Å². The number of carbonyl (C=O) groups is 2. The van der Waals surface area contributed by atoms with Gasteiger partial charge in [-0.15, -0.1) is 5.10 Å². The van der Waals surface area contributed by atoms with E-state index in [-0.39, 0.29) is 12.3 Å². The number of tetrazole rings is 1. The van der Waals surface area contributed by atoms with Gasteiger partial charge < -0.3 is 10.4 Å². The third-order valence-electron chi connectivity index (χ3n) is 4.41. The molecule has 1 aliphatic rings. The van der Waals surface area contributed by atoms with Crippen molar-refractivity contribution >= 4 is 11.9 Å². The van der Waals surface area contributed by atoms with Crippen LogP contribution in [0, 0.1) is 0 Å². The van der Waals surface area contributed by atoms with Gasteiger partial charge in [0.05, 0.1) is 12.1 Å². The van der Waals surface area contributed by atoms with Crippen LogP contribution in [0.1, 0.15) is 37.7 Å². The first-order valence-corrected chi connectivity index (χ1v) is 7.96. The van der Waals surface area contributed by atoms with Crippen LogP contribution in [0.3, 0.4) is 0 Å². The van der Waals surface area contributed by atoms with Gasteiger partial charge in [-0.05, 0) is 41.0 Å². The molecular weight excluding hydrogens is 310 g/mol. The van der Waals surface area contributed by atoms with E-state index >= 15 is 0 Å². The largest absolute Gasteiger partial charge is 0.480 e. The van der Waals surface area contributed by atoms with Gasteiger partial charge >= 0.3 is 5.97 Å². The Morgan fingerprint density at radius 2 is 1.88 bits per heavy atom. The molecule has 1 heterocycles. The maximum absolute atomic E-state index is 12.3. The number of nitrogens with one attached hydrogen (secondary N) is 1. The van der Waals surface area contributed by atoms with E-state index in [9.17, 15) is 14.7 Å². The molecule has 8 heteroatoms. The topological polar surface area (TPSA) is 110 Å². The lowest BCUT2D eigenvalue weighted by molar-refractivity contribution is -0.149. The normalized spacial score (nSPS) is 16.5. The lowest BCUT2D eigenvalue weighted by Crippen LogP contribution is -2.55. The number of hydrogen-bond acceptors (Lipinski definition) is 5. The van der Waals surface area contributed by atoms with Gasteiger partial charge in [-0.2, -0.15) is 0 Å². The van der Waals surface area contributed by atoms with Gasteiger partial charge in [0.15, 0.2) is 0 Å². The maximum Gasteiger partial charge on any atom is 0.329 e. The lowest BCUT2D eigenvalue weighted by atomic mass is 9.81. The maximum atomic E-state index is 12.3. The van der Waals surface area contributed by atoms with Gasteiger partial charge in [-0.3, -0.25) is 4.79 Å². The second kappa shape index (κ2) is 6.77. The van der Waals surface area contributed by atoms with Crippen molar-refractivity contribution in [2.45, 2.75) is 44.1 Å². The molecule has 0 radical (unpaired) electrons. The Bertz CT molecular complexity index is 706. The zero-order valence-electron chi connectivity index (χ0n) is 13.2. The third-order valence-corrected chi connectivity index (χ3v) is 4.41. The molecule has 2 aromatic rings. The molecule has 2 N–H and O–H groups in total. The van der Waals surface area contributed by atoms with Crippen LogP contribution in [0.4, 0.5) is 0 Å². The van der Waals surface area contributed by atoms with Crippen LogP contribution in [0.5, 0.6) is 0 Å². The summed E-state index contributed by atoms with van der Waals surface area (Å²) in [6.45, 7) is 0. The fourth-order valence-corrected chi connectivity index (χ4v) is 3.09. The highest BCUT2D eigenvalue weighted by Crippen LogP contribution is 2.28. The van der Waals surface area contributed by atoms with Gasteiger partial charge in [0.2, 0.25) is 5.91 Å². The van der Waals surface area contributed by atoms with Crippen LogP contribution >= 0.6 is 0 Å². The molecule has 3 rings (SSSR count). The predicted octanol–water partition coefficient (Wildman–Crippen LogP) is 1.11. The standard InChI is InChI=1S/C16H19N5O3/c22-14(18-16(15(23)24)8-2-1-3-9-16)10-12-4-6-13(7-5-12)21-11-17-19-20-21/h4-7,11H,1-3,8-10H2,(H,18,22)(H,23,24). The van der Waals surface area contributed by atoms with Crippen LogP contribution in [0.25, 0.3) is 5.69 Å². The monoisotopic (exact) mass is 329 g/mol. The molecule has 1 aromatic carbocycles. The van der Waals surface area contributed by atoms with Crippen LogP contribution in [-0.4, -0.2) is 42.7 Å². The van der Waals surface area contributed by atoms with Crippen molar-refractivity contribution in [2.24, 2.45) is 0 Å². The molecule has 0 bridgehead atoms. The minimum atomic E-state index is -1.11. The summed E-state index contributed by atoms with van der Waals surface area (Å²) < 4.78 is 1.52. The zero-order chi connectivity index (χ0) is 17.0. The van der Waals surface area contributed by atoms with Crippen molar-refractivity contribution in [2.75, 3.05) is 0 Å². The van der Waals surface area contributed by atoms with Gasteiger partial charge in [0.25, 0.3) is 0 Å². The van der Waals surface area contributed by atoms with E-state index in [0.717, 1.165) is 30.5 Å². The average Bonchev–Trinajstić information content (AvgIpc) is 3.10. The molecule has 1 aliphatic carbocycles. The van der Waals surface area contributed by atoms with E-state index in [1.807, 2.05) is 24.3 Å². The summed E-state index contributed by atoms with van der Waals surface area (Å²) in [4.78, 5) is 23.9. The Morgan fingerprint density at radius 3 is 2.46 bits per heavy atom. The van der Waals surface area contributed by atoms with E-state index in [1.165, 1.54) is 11.0 Å². The molecule has 1 saturated carbocycles. The molecule has 24 heavy (non-hydrogen) atoms. The zero-order valence-corrected chi connectivity index (χ0v) is 13.2. The third kappa shape index (κ3) is 3.42. The second-order valence-electron chi connectivity index (χ2n) is 6.09. The molecule has 1 fully saturated rings. The number of carboxylic acid groups (broad SMARTS) is 1. The Balaban J connectivity index is 1.65. The molecule has 0 aliphatic heterocycles. The molecule has 0 saturated heterocycles. The summed E-state index contributed by atoms with van der Waals surface area (Å²) >= 11 is 0. The number of carbonyl (C=O) groups excluding carboxylic acids is 1. The smallest absolute Gasteiger partial charge is 0.329 e. The number of aliphatic carboxylic acids is 1.